The van der Waals surface area contributed by atoms with Crippen molar-refractivity contribution in [1.29, 1.82) is 0 Å². The van der Waals surface area contributed by atoms with Gasteiger partial charge >= 0.3 is 0 Å². The molecule has 5 rings (SSSR count). The van der Waals surface area contributed by atoms with Crippen molar-refractivity contribution in [2.75, 3.05) is 5.32 Å². The largest absolute Gasteiger partial charge is 0.317 e. The van der Waals surface area contributed by atoms with E-state index in [0.717, 1.165) is 28.2 Å². The third-order valence-corrected chi connectivity index (χ3v) is 6.50. The lowest BCUT2D eigenvalue weighted by Gasteiger charge is -2.11. The summed E-state index contributed by atoms with van der Waals surface area (Å²) >= 11 is 5.47. The topological polar surface area (TPSA) is 63.9 Å². The molecule has 0 aliphatic rings. The summed E-state index contributed by atoms with van der Waals surface area (Å²) in [4.78, 5) is 12.7. The fourth-order valence-electron chi connectivity index (χ4n) is 4.42. The number of carbonyl (C=O) groups is 1. The minimum absolute atomic E-state index is 0.149. The molecule has 190 valence electrons. The second-order valence-corrected chi connectivity index (χ2v) is 9.42. The SMILES string of the molecule is Cc1ccc(C(=O)NC(=S)Nc2cc(-c3cc(C)n(-c4ccccc4F)c3C)nn2-c2ccccc2)cc1. The number of nitrogens with zero attached hydrogens (tertiary/aromatic N) is 3. The number of carbonyl (C=O) groups excluding carboxylic acids is 1. The van der Waals surface area contributed by atoms with Crippen LogP contribution >= 0.6 is 12.2 Å². The maximum Gasteiger partial charge on any atom is 0.257 e. The molecule has 0 atom stereocenters. The molecular weight excluding hydrogens is 497 g/mol. The van der Waals surface area contributed by atoms with Crippen LogP contribution in [0.25, 0.3) is 22.6 Å². The Labute approximate surface area is 225 Å². The van der Waals surface area contributed by atoms with Crippen LogP contribution in [0.2, 0.25) is 0 Å². The minimum Gasteiger partial charge on any atom is -0.317 e. The van der Waals surface area contributed by atoms with Crippen molar-refractivity contribution < 1.29 is 9.18 Å². The molecule has 0 bridgehead atoms. The third kappa shape index (κ3) is 4.99. The summed E-state index contributed by atoms with van der Waals surface area (Å²) in [7, 11) is 0. The summed E-state index contributed by atoms with van der Waals surface area (Å²) < 4.78 is 18.2. The lowest BCUT2D eigenvalue weighted by Crippen LogP contribution is -2.34. The van der Waals surface area contributed by atoms with Gasteiger partial charge in [0, 0.05) is 28.6 Å². The zero-order valence-corrected chi connectivity index (χ0v) is 22.0. The van der Waals surface area contributed by atoms with Crippen molar-refractivity contribution in [3.8, 4) is 22.6 Å². The quantitative estimate of drug-likeness (QED) is 0.258. The van der Waals surface area contributed by atoms with E-state index in [2.05, 4.69) is 10.6 Å². The van der Waals surface area contributed by atoms with Crippen LogP contribution in [0.5, 0.6) is 0 Å². The van der Waals surface area contributed by atoms with E-state index in [1.54, 1.807) is 28.9 Å². The van der Waals surface area contributed by atoms with Gasteiger partial charge in [0.1, 0.15) is 11.6 Å². The molecule has 0 saturated carbocycles. The van der Waals surface area contributed by atoms with Crippen LogP contribution in [-0.2, 0) is 0 Å². The highest BCUT2D eigenvalue weighted by Gasteiger charge is 2.19. The predicted octanol–water partition coefficient (Wildman–Crippen LogP) is 6.52. The average molecular weight is 524 g/mol. The molecule has 1 amide bonds. The number of halogens is 1. The standard InChI is InChI=1S/C30H26FN5OS/c1-19-13-15-22(16-14-19)29(37)33-30(38)32-28-18-26(34-36(28)23-9-5-4-6-10-23)24-17-20(2)35(21(24)3)27-12-8-7-11-25(27)31/h4-18H,1-3H3,(H2,32,33,37,38). The molecular formula is C30H26FN5OS. The van der Waals surface area contributed by atoms with Crippen LogP contribution in [0.15, 0.2) is 91.0 Å². The maximum atomic E-state index is 14.6. The first kappa shape index (κ1) is 25.1. The number of rotatable bonds is 5. The highest BCUT2D eigenvalue weighted by Crippen LogP contribution is 2.32. The molecule has 0 aliphatic carbocycles. The van der Waals surface area contributed by atoms with E-state index in [4.69, 9.17) is 17.3 Å². The molecule has 0 radical (unpaired) electrons. The van der Waals surface area contributed by atoms with Gasteiger partial charge in [-0.1, -0.05) is 48.0 Å². The molecule has 0 spiro atoms. The van der Waals surface area contributed by atoms with Crippen LogP contribution in [0.4, 0.5) is 10.2 Å². The number of nitrogens with one attached hydrogen (secondary N) is 2. The number of thiocarbonyl (C=S) groups is 1. The second kappa shape index (κ2) is 10.4. The fraction of sp³-hybridized carbons (Fsp3) is 0.100. The van der Waals surface area contributed by atoms with E-state index in [9.17, 15) is 9.18 Å². The zero-order chi connectivity index (χ0) is 26.8. The summed E-state index contributed by atoms with van der Waals surface area (Å²) in [6, 6.07) is 27.4. The van der Waals surface area contributed by atoms with Gasteiger partial charge < -0.3 is 9.88 Å². The Bertz CT molecular complexity index is 1640. The van der Waals surface area contributed by atoms with Crippen LogP contribution in [0, 0.1) is 26.6 Å². The number of hydrogen-bond acceptors (Lipinski definition) is 3. The van der Waals surface area contributed by atoms with Crippen LogP contribution in [-0.4, -0.2) is 25.4 Å². The number of aryl methyl sites for hydroxylation is 2. The van der Waals surface area contributed by atoms with Crippen molar-refractivity contribution in [3.05, 3.63) is 119 Å². The first-order valence-electron chi connectivity index (χ1n) is 12.1. The van der Waals surface area contributed by atoms with Gasteiger partial charge in [0.05, 0.1) is 17.1 Å². The number of amides is 1. The average Bonchev–Trinajstić information content (AvgIpc) is 3.45. The molecule has 6 nitrogen and oxygen atoms in total. The first-order valence-corrected chi connectivity index (χ1v) is 12.5. The zero-order valence-electron chi connectivity index (χ0n) is 21.2. The Morgan fingerprint density at radius 1 is 0.895 bits per heavy atom. The summed E-state index contributed by atoms with van der Waals surface area (Å²) in [6.07, 6.45) is 0. The van der Waals surface area contributed by atoms with E-state index >= 15 is 0 Å². The lowest BCUT2D eigenvalue weighted by molar-refractivity contribution is 0.0977. The molecule has 5 aromatic rings. The fourth-order valence-corrected chi connectivity index (χ4v) is 4.62. The number of anilines is 1. The third-order valence-electron chi connectivity index (χ3n) is 6.29. The smallest absolute Gasteiger partial charge is 0.257 e. The van der Waals surface area contributed by atoms with Gasteiger partial charge in [0.25, 0.3) is 5.91 Å². The summed E-state index contributed by atoms with van der Waals surface area (Å²) in [5, 5.41) is 10.9. The van der Waals surface area contributed by atoms with Gasteiger partial charge in [-0.15, -0.1) is 0 Å². The minimum atomic E-state index is -0.304. The molecule has 38 heavy (non-hydrogen) atoms. The van der Waals surface area contributed by atoms with Crippen LogP contribution < -0.4 is 10.6 Å². The summed E-state index contributed by atoms with van der Waals surface area (Å²) in [5.74, 6) is -0.0225. The Morgan fingerprint density at radius 2 is 1.58 bits per heavy atom. The lowest BCUT2D eigenvalue weighted by atomic mass is 10.1. The van der Waals surface area contributed by atoms with Crippen molar-refractivity contribution in [2.45, 2.75) is 20.8 Å². The van der Waals surface area contributed by atoms with Gasteiger partial charge in [-0.2, -0.15) is 5.10 Å². The van der Waals surface area contributed by atoms with E-state index in [1.807, 2.05) is 86.0 Å². The molecule has 2 heterocycles. The van der Waals surface area contributed by atoms with Crippen LogP contribution in [0.3, 0.4) is 0 Å². The highest BCUT2D eigenvalue weighted by molar-refractivity contribution is 7.80. The van der Waals surface area contributed by atoms with Gasteiger partial charge in [0.15, 0.2) is 5.11 Å². The van der Waals surface area contributed by atoms with Gasteiger partial charge in [-0.25, -0.2) is 9.07 Å². The summed E-state index contributed by atoms with van der Waals surface area (Å²) in [6.45, 7) is 5.84. The van der Waals surface area contributed by atoms with Crippen molar-refractivity contribution >= 4 is 29.1 Å². The first-order chi connectivity index (χ1) is 18.3. The molecule has 2 aromatic heterocycles. The highest BCUT2D eigenvalue weighted by atomic mass is 32.1. The molecule has 3 aromatic carbocycles. The van der Waals surface area contributed by atoms with E-state index in [-0.39, 0.29) is 16.8 Å². The monoisotopic (exact) mass is 523 g/mol. The number of hydrogen-bond donors (Lipinski definition) is 2. The molecule has 0 aliphatic heterocycles. The second-order valence-electron chi connectivity index (χ2n) is 9.01. The molecule has 0 fully saturated rings. The Morgan fingerprint density at radius 3 is 2.29 bits per heavy atom. The van der Waals surface area contributed by atoms with Crippen molar-refractivity contribution in [3.63, 3.8) is 0 Å². The van der Waals surface area contributed by atoms with Crippen molar-refractivity contribution in [2.24, 2.45) is 0 Å². The van der Waals surface area contributed by atoms with Gasteiger partial charge in [-0.3, -0.25) is 10.1 Å². The van der Waals surface area contributed by atoms with Crippen molar-refractivity contribution in [1.82, 2.24) is 19.7 Å². The Hall–Kier alpha value is -4.56. The van der Waals surface area contributed by atoms with Gasteiger partial charge in [-0.05, 0) is 75.5 Å². The molecule has 0 saturated heterocycles. The van der Waals surface area contributed by atoms with Crippen LogP contribution in [0.1, 0.15) is 27.3 Å². The number of para-hydroxylation sites is 2. The molecule has 2 N–H and O–H groups in total. The Kier molecular flexibility index (Phi) is 6.89. The number of aromatic nitrogens is 3. The maximum absolute atomic E-state index is 14.6. The summed E-state index contributed by atoms with van der Waals surface area (Å²) in [5.41, 5.74) is 6.15. The molecule has 0 unspecified atom stereocenters. The Balaban J connectivity index is 1.49. The predicted molar refractivity (Wildman–Crippen MR) is 153 cm³/mol. The normalized spacial score (nSPS) is 10.8. The molecule has 8 heteroatoms. The van der Waals surface area contributed by atoms with E-state index < -0.39 is 0 Å². The number of benzene rings is 3. The van der Waals surface area contributed by atoms with E-state index in [0.29, 0.717) is 22.8 Å². The van der Waals surface area contributed by atoms with E-state index in [1.165, 1.54) is 6.07 Å². The van der Waals surface area contributed by atoms with Gasteiger partial charge in [0.2, 0.25) is 0 Å².